The summed E-state index contributed by atoms with van der Waals surface area (Å²) in [5.74, 6) is 0.588. The summed E-state index contributed by atoms with van der Waals surface area (Å²) in [4.78, 5) is 1.24. The Hall–Kier alpha value is -0.0100. The summed E-state index contributed by atoms with van der Waals surface area (Å²) in [7, 11) is 0. The Kier molecular flexibility index (Phi) is 1.62. The molecule has 66 valence electrons. The van der Waals surface area contributed by atoms with E-state index in [1.54, 1.807) is 11.3 Å². The van der Waals surface area contributed by atoms with Gasteiger partial charge in [0, 0.05) is 4.88 Å². The molecule has 0 radical (unpaired) electrons. The smallest absolute Gasteiger partial charge is 0.0872 e. The topological polar surface area (TPSA) is 0 Å². The number of halogens is 1. The predicted octanol–water partition coefficient (Wildman–Crippen LogP) is 3.86. The lowest BCUT2D eigenvalue weighted by Gasteiger charge is -2.08. The molecular formula is C10H13ClS. The van der Waals surface area contributed by atoms with Crippen molar-refractivity contribution in [3.63, 3.8) is 0 Å². The normalized spacial score (nSPS) is 38.2. The van der Waals surface area contributed by atoms with Crippen LogP contribution in [-0.4, -0.2) is 0 Å². The highest BCUT2D eigenvalue weighted by molar-refractivity contribution is 7.10. The van der Waals surface area contributed by atoms with Gasteiger partial charge in [-0.3, -0.25) is 0 Å². The van der Waals surface area contributed by atoms with Crippen molar-refractivity contribution >= 4 is 22.9 Å². The molecule has 1 aromatic heterocycles. The van der Waals surface area contributed by atoms with E-state index in [-0.39, 0.29) is 10.3 Å². The third kappa shape index (κ3) is 0.789. The van der Waals surface area contributed by atoms with Crippen molar-refractivity contribution in [3.8, 4) is 0 Å². The van der Waals surface area contributed by atoms with Crippen LogP contribution in [0.1, 0.15) is 25.6 Å². The zero-order valence-electron chi connectivity index (χ0n) is 7.60. The number of alkyl halides is 1. The summed E-state index contributed by atoms with van der Waals surface area (Å²) in [6.45, 7) is 6.71. The van der Waals surface area contributed by atoms with E-state index in [0.29, 0.717) is 5.92 Å². The average molecular weight is 201 g/mol. The second-order valence-electron chi connectivity index (χ2n) is 4.13. The first-order chi connectivity index (χ1) is 5.51. The SMILES string of the molecule is C[C@@H]1C(C)(C)C1(Cl)c1cccs1. The first-order valence-electron chi connectivity index (χ1n) is 4.24. The molecule has 1 aliphatic carbocycles. The molecule has 0 spiro atoms. The van der Waals surface area contributed by atoms with Gasteiger partial charge in [0.2, 0.25) is 0 Å². The Balaban J connectivity index is 2.39. The van der Waals surface area contributed by atoms with Gasteiger partial charge in [0.25, 0.3) is 0 Å². The highest BCUT2D eigenvalue weighted by Gasteiger charge is 2.69. The fraction of sp³-hybridized carbons (Fsp3) is 0.600. The van der Waals surface area contributed by atoms with Crippen molar-refractivity contribution < 1.29 is 0 Å². The summed E-state index contributed by atoms with van der Waals surface area (Å²) < 4.78 is 0. The van der Waals surface area contributed by atoms with Crippen molar-refractivity contribution in [2.75, 3.05) is 0 Å². The summed E-state index contributed by atoms with van der Waals surface area (Å²) in [5, 5.41) is 2.10. The minimum absolute atomic E-state index is 0.0822. The van der Waals surface area contributed by atoms with Crippen LogP contribution in [0, 0.1) is 11.3 Å². The van der Waals surface area contributed by atoms with Crippen molar-refractivity contribution in [2.45, 2.75) is 25.6 Å². The fourth-order valence-electron chi connectivity index (χ4n) is 1.98. The van der Waals surface area contributed by atoms with E-state index in [0.717, 1.165) is 0 Å². The molecule has 2 atom stereocenters. The van der Waals surface area contributed by atoms with Gasteiger partial charge < -0.3 is 0 Å². The number of hydrogen-bond acceptors (Lipinski definition) is 1. The van der Waals surface area contributed by atoms with Gasteiger partial charge >= 0.3 is 0 Å². The molecule has 0 saturated heterocycles. The van der Waals surface area contributed by atoms with Crippen LogP contribution in [0.15, 0.2) is 17.5 Å². The van der Waals surface area contributed by atoms with Gasteiger partial charge in [-0.2, -0.15) is 0 Å². The lowest BCUT2D eigenvalue weighted by atomic mass is 10.1. The van der Waals surface area contributed by atoms with Crippen LogP contribution < -0.4 is 0 Å². The summed E-state index contributed by atoms with van der Waals surface area (Å²) in [5.41, 5.74) is 0.263. The van der Waals surface area contributed by atoms with E-state index in [9.17, 15) is 0 Å². The van der Waals surface area contributed by atoms with Crippen LogP contribution in [0.4, 0.5) is 0 Å². The second kappa shape index (κ2) is 2.27. The third-order valence-corrected chi connectivity index (χ3v) is 5.55. The molecule has 0 aliphatic heterocycles. The Morgan fingerprint density at radius 3 is 2.42 bits per heavy atom. The Morgan fingerprint density at radius 2 is 2.08 bits per heavy atom. The quantitative estimate of drug-likeness (QED) is 0.604. The van der Waals surface area contributed by atoms with Gasteiger partial charge in [-0.05, 0) is 22.8 Å². The van der Waals surface area contributed by atoms with Crippen LogP contribution in [0.3, 0.4) is 0 Å². The number of rotatable bonds is 1. The van der Waals surface area contributed by atoms with Gasteiger partial charge in [-0.15, -0.1) is 22.9 Å². The van der Waals surface area contributed by atoms with E-state index in [2.05, 4.69) is 38.3 Å². The molecule has 1 aliphatic rings. The number of thiophene rings is 1. The highest BCUT2D eigenvalue weighted by Crippen LogP contribution is 2.72. The minimum atomic E-state index is -0.0822. The maximum atomic E-state index is 6.56. The van der Waals surface area contributed by atoms with Gasteiger partial charge in [0.15, 0.2) is 0 Å². The van der Waals surface area contributed by atoms with Gasteiger partial charge in [-0.1, -0.05) is 26.8 Å². The Labute approximate surface area is 82.6 Å². The molecule has 1 heterocycles. The molecule has 12 heavy (non-hydrogen) atoms. The first kappa shape index (κ1) is 8.58. The predicted molar refractivity (Wildman–Crippen MR) is 54.8 cm³/mol. The standard InChI is InChI=1S/C10H13ClS/c1-7-9(2,3)10(7,11)8-5-4-6-12-8/h4-7H,1-3H3/t7-,10?/m1/s1. The van der Waals surface area contributed by atoms with Gasteiger partial charge in [-0.25, -0.2) is 0 Å². The maximum Gasteiger partial charge on any atom is 0.0872 e. The largest absolute Gasteiger partial charge is 0.147 e. The van der Waals surface area contributed by atoms with E-state index in [4.69, 9.17) is 11.6 Å². The van der Waals surface area contributed by atoms with E-state index < -0.39 is 0 Å². The van der Waals surface area contributed by atoms with E-state index >= 15 is 0 Å². The van der Waals surface area contributed by atoms with Crippen molar-refractivity contribution in [1.29, 1.82) is 0 Å². The van der Waals surface area contributed by atoms with Gasteiger partial charge in [0.05, 0.1) is 4.87 Å². The molecule has 2 heteroatoms. The number of hydrogen-bond donors (Lipinski definition) is 0. The molecule has 0 nitrogen and oxygen atoms in total. The Morgan fingerprint density at radius 1 is 1.50 bits per heavy atom. The lowest BCUT2D eigenvalue weighted by Crippen LogP contribution is -2.03. The van der Waals surface area contributed by atoms with E-state index in [1.165, 1.54) is 4.88 Å². The molecule has 0 aromatic carbocycles. The average Bonchev–Trinajstić information content (AvgIpc) is 2.53. The highest BCUT2D eigenvalue weighted by atomic mass is 35.5. The molecule has 1 aromatic rings. The van der Waals surface area contributed by atoms with Crippen molar-refractivity contribution in [3.05, 3.63) is 22.4 Å². The summed E-state index contributed by atoms with van der Waals surface area (Å²) in [6, 6.07) is 4.22. The fourth-order valence-corrected chi connectivity index (χ4v) is 3.63. The maximum absolute atomic E-state index is 6.56. The monoisotopic (exact) mass is 200 g/mol. The zero-order chi connectivity index (χ0) is 8.98. The summed E-state index contributed by atoms with van der Waals surface area (Å²) >= 11 is 8.33. The molecule has 1 saturated carbocycles. The zero-order valence-corrected chi connectivity index (χ0v) is 9.17. The lowest BCUT2D eigenvalue weighted by molar-refractivity contribution is 0.565. The van der Waals surface area contributed by atoms with Gasteiger partial charge in [0.1, 0.15) is 0 Å². The summed E-state index contributed by atoms with van der Waals surface area (Å²) in [6.07, 6.45) is 0. The van der Waals surface area contributed by atoms with E-state index in [1.807, 2.05) is 0 Å². The van der Waals surface area contributed by atoms with Crippen LogP contribution in [-0.2, 0) is 4.87 Å². The molecule has 0 bridgehead atoms. The molecule has 2 rings (SSSR count). The van der Waals surface area contributed by atoms with Crippen LogP contribution in [0.5, 0.6) is 0 Å². The second-order valence-corrected chi connectivity index (χ2v) is 5.68. The van der Waals surface area contributed by atoms with Crippen molar-refractivity contribution in [1.82, 2.24) is 0 Å². The van der Waals surface area contributed by atoms with Crippen LogP contribution >= 0.6 is 22.9 Å². The van der Waals surface area contributed by atoms with Crippen LogP contribution in [0.25, 0.3) is 0 Å². The molecular weight excluding hydrogens is 188 g/mol. The minimum Gasteiger partial charge on any atom is -0.147 e. The molecule has 0 N–H and O–H groups in total. The molecule has 1 unspecified atom stereocenters. The van der Waals surface area contributed by atoms with Crippen LogP contribution in [0.2, 0.25) is 0 Å². The van der Waals surface area contributed by atoms with Crippen molar-refractivity contribution in [2.24, 2.45) is 11.3 Å². The molecule has 0 amide bonds. The Bertz CT molecular complexity index is 289. The third-order valence-electron chi connectivity index (χ3n) is 3.41. The molecule has 1 fully saturated rings. The first-order valence-corrected chi connectivity index (χ1v) is 5.50.